The van der Waals surface area contributed by atoms with Gasteiger partial charge in [0.25, 0.3) is 0 Å². The SMILES string of the molecule is CCCC(=O)C(Cc1ccc(-c2ccccc2C#N)c(Cl)c1)C(=O)OCC. The fourth-order valence-electron chi connectivity index (χ4n) is 2.95. The number of nitriles is 1. The van der Waals surface area contributed by atoms with Gasteiger partial charge in [0.15, 0.2) is 0 Å². The average Bonchev–Trinajstić information content (AvgIpc) is 2.66. The van der Waals surface area contributed by atoms with Crippen molar-refractivity contribution in [1.29, 1.82) is 5.26 Å². The van der Waals surface area contributed by atoms with Crippen LogP contribution in [0.25, 0.3) is 11.1 Å². The van der Waals surface area contributed by atoms with E-state index in [1.807, 2.05) is 31.2 Å². The first-order chi connectivity index (χ1) is 13.0. The van der Waals surface area contributed by atoms with E-state index in [2.05, 4.69) is 6.07 Å². The Balaban J connectivity index is 2.31. The smallest absolute Gasteiger partial charge is 0.316 e. The van der Waals surface area contributed by atoms with Crippen LogP contribution in [0.3, 0.4) is 0 Å². The van der Waals surface area contributed by atoms with E-state index in [1.165, 1.54) is 0 Å². The van der Waals surface area contributed by atoms with E-state index in [0.29, 0.717) is 23.4 Å². The van der Waals surface area contributed by atoms with E-state index < -0.39 is 11.9 Å². The number of rotatable bonds is 8. The third-order valence-corrected chi connectivity index (χ3v) is 4.58. The second-order valence-electron chi connectivity index (χ2n) is 6.20. The van der Waals surface area contributed by atoms with Crippen molar-refractivity contribution in [3.05, 3.63) is 58.6 Å². The van der Waals surface area contributed by atoms with Gasteiger partial charge in [0.2, 0.25) is 0 Å². The molecule has 0 aliphatic rings. The van der Waals surface area contributed by atoms with E-state index >= 15 is 0 Å². The number of ketones is 1. The molecule has 0 saturated heterocycles. The summed E-state index contributed by atoms with van der Waals surface area (Å²) in [6.45, 7) is 3.86. The van der Waals surface area contributed by atoms with Crippen LogP contribution in [0.5, 0.6) is 0 Å². The molecule has 0 heterocycles. The molecular formula is C22H22ClNO3. The second-order valence-corrected chi connectivity index (χ2v) is 6.60. The van der Waals surface area contributed by atoms with E-state index in [9.17, 15) is 14.9 Å². The number of nitrogens with zero attached hydrogens (tertiary/aromatic N) is 1. The van der Waals surface area contributed by atoms with Gasteiger partial charge in [-0.05, 0) is 37.5 Å². The number of ether oxygens (including phenoxy) is 1. The Bertz CT molecular complexity index is 852. The number of hydrogen-bond donors (Lipinski definition) is 0. The van der Waals surface area contributed by atoms with Crippen LogP contribution in [-0.4, -0.2) is 18.4 Å². The molecule has 2 aromatic carbocycles. The number of carbonyl (C=O) groups excluding carboxylic acids is 2. The molecule has 0 N–H and O–H groups in total. The van der Waals surface area contributed by atoms with Gasteiger partial charge in [0, 0.05) is 22.6 Å². The van der Waals surface area contributed by atoms with E-state index in [1.54, 1.807) is 25.1 Å². The molecule has 0 bridgehead atoms. The predicted octanol–water partition coefficient (Wildman–Crippen LogP) is 4.97. The number of esters is 1. The quantitative estimate of drug-likeness (QED) is 0.476. The lowest BCUT2D eigenvalue weighted by Crippen LogP contribution is -2.28. The van der Waals surface area contributed by atoms with Crippen LogP contribution >= 0.6 is 11.6 Å². The maximum absolute atomic E-state index is 12.4. The molecule has 0 fully saturated rings. The summed E-state index contributed by atoms with van der Waals surface area (Å²) in [6, 6.07) is 14.8. The fraction of sp³-hybridized carbons (Fsp3) is 0.318. The molecule has 1 unspecified atom stereocenters. The minimum Gasteiger partial charge on any atom is -0.465 e. The largest absolute Gasteiger partial charge is 0.465 e. The van der Waals surface area contributed by atoms with E-state index in [-0.39, 0.29) is 18.8 Å². The molecule has 27 heavy (non-hydrogen) atoms. The molecule has 140 valence electrons. The van der Waals surface area contributed by atoms with Crippen molar-refractivity contribution in [2.45, 2.75) is 33.1 Å². The number of halogens is 1. The fourth-order valence-corrected chi connectivity index (χ4v) is 3.25. The van der Waals surface area contributed by atoms with Crippen LogP contribution in [0.2, 0.25) is 5.02 Å². The van der Waals surface area contributed by atoms with Crippen molar-refractivity contribution in [1.82, 2.24) is 0 Å². The van der Waals surface area contributed by atoms with E-state index in [0.717, 1.165) is 16.7 Å². The lowest BCUT2D eigenvalue weighted by atomic mass is 9.91. The van der Waals surface area contributed by atoms with Gasteiger partial charge in [-0.15, -0.1) is 0 Å². The topological polar surface area (TPSA) is 67.2 Å². The third-order valence-electron chi connectivity index (χ3n) is 4.27. The van der Waals surface area contributed by atoms with Gasteiger partial charge >= 0.3 is 5.97 Å². The summed E-state index contributed by atoms with van der Waals surface area (Å²) >= 11 is 6.45. The number of carbonyl (C=O) groups is 2. The predicted molar refractivity (Wildman–Crippen MR) is 105 cm³/mol. The number of hydrogen-bond acceptors (Lipinski definition) is 4. The zero-order valence-corrected chi connectivity index (χ0v) is 16.3. The van der Waals surface area contributed by atoms with Crippen molar-refractivity contribution < 1.29 is 14.3 Å². The first kappa shape index (κ1) is 20.7. The van der Waals surface area contributed by atoms with Crippen molar-refractivity contribution in [2.24, 2.45) is 5.92 Å². The van der Waals surface area contributed by atoms with Crippen LogP contribution < -0.4 is 0 Å². The lowest BCUT2D eigenvalue weighted by Gasteiger charge is -2.15. The summed E-state index contributed by atoms with van der Waals surface area (Å²) in [6.07, 6.45) is 1.27. The summed E-state index contributed by atoms with van der Waals surface area (Å²) < 4.78 is 5.07. The van der Waals surface area contributed by atoms with Gasteiger partial charge in [0.05, 0.1) is 18.2 Å². The van der Waals surface area contributed by atoms with Crippen molar-refractivity contribution >= 4 is 23.4 Å². The molecule has 1 atom stereocenters. The summed E-state index contributed by atoms with van der Waals surface area (Å²) in [5.41, 5.74) is 2.81. The molecule has 5 heteroatoms. The standard InChI is InChI=1S/C22H22ClNO3/c1-3-7-21(25)19(22(26)27-4-2)12-15-10-11-18(20(23)13-15)17-9-6-5-8-16(17)14-24/h5-6,8-11,13,19H,3-4,7,12H2,1-2H3. The van der Waals surface area contributed by atoms with Crippen LogP contribution in [0.15, 0.2) is 42.5 Å². The van der Waals surface area contributed by atoms with Gasteiger partial charge in [-0.2, -0.15) is 5.26 Å². The highest BCUT2D eigenvalue weighted by molar-refractivity contribution is 6.33. The average molecular weight is 384 g/mol. The summed E-state index contributed by atoms with van der Waals surface area (Å²) in [5.74, 6) is -1.44. The Morgan fingerprint density at radius 2 is 1.89 bits per heavy atom. The highest BCUT2D eigenvalue weighted by Crippen LogP contribution is 2.31. The molecule has 2 aromatic rings. The molecule has 0 spiro atoms. The highest BCUT2D eigenvalue weighted by Gasteiger charge is 2.27. The van der Waals surface area contributed by atoms with Crippen LogP contribution in [0, 0.1) is 17.2 Å². The molecule has 0 radical (unpaired) electrons. The van der Waals surface area contributed by atoms with Crippen molar-refractivity contribution in [2.75, 3.05) is 6.61 Å². The van der Waals surface area contributed by atoms with Crippen molar-refractivity contribution in [3.63, 3.8) is 0 Å². The summed E-state index contributed by atoms with van der Waals surface area (Å²) in [7, 11) is 0. The Kier molecular flexibility index (Phi) is 7.57. The first-order valence-electron chi connectivity index (χ1n) is 8.99. The third kappa shape index (κ3) is 5.18. The van der Waals surface area contributed by atoms with Gasteiger partial charge in [0.1, 0.15) is 11.7 Å². The molecule has 0 amide bonds. The number of Topliss-reactive ketones (excluding diaryl/α,β-unsaturated/α-hetero) is 1. The minimum atomic E-state index is -0.821. The van der Waals surface area contributed by atoms with Crippen molar-refractivity contribution in [3.8, 4) is 17.2 Å². The second kappa shape index (κ2) is 9.89. The highest BCUT2D eigenvalue weighted by atomic mass is 35.5. The molecule has 4 nitrogen and oxygen atoms in total. The number of benzene rings is 2. The maximum atomic E-state index is 12.4. The lowest BCUT2D eigenvalue weighted by molar-refractivity contribution is -0.151. The molecule has 0 aromatic heterocycles. The molecule has 0 aliphatic carbocycles. The molecule has 2 rings (SSSR count). The summed E-state index contributed by atoms with van der Waals surface area (Å²) in [5, 5.41) is 9.76. The minimum absolute atomic E-state index is 0.119. The molecule has 0 aliphatic heterocycles. The monoisotopic (exact) mass is 383 g/mol. The van der Waals surface area contributed by atoms with Gasteiger partial charge in [-0.25, -0.2) is 0 Å². The van der Waals surface area contributed by atoms with Gasteiger partial charge in [-0.1, -0.05) is 48.9 Å². The first-order valence-corrected chi connectivity index (χ1v) is 9.36. The Morgan fingerprint density at radius 1 is 1.15 bits per heavy atom. The van der Waals surface area contributed by atoms with Gasteiger partial charge < -0.3 is 4.74 Å². The Labute approximate surface area is 164 Å². The van der Waals surface area contributed by atoms with Crippen LogP contribution in [0.4, 0.5) is 0 Å². The zero-order chi connectivity index (χ0) is 19.8. The molecule has 0 saturated carbocycles. The van der Waals surface area contributed by atoms with Gasteiger partial charge in [-0.3, -0.25) is 9.59 Å². The normalized spacial score (nSPS) is 11.5. The van der Waals surface area contributed by atoms with E-state index in [4.69, 9.17) is 16.3 Å². The molecular weight excluding hydrogens is 362 g/mol. The Morgan fingerprint density at radius 3 is 2.52 bits per heavy atom. The van der Waals surface area contributed by atoms with Crippen LogP contribution in [-0.2, 0) is 20.7 Å². The maximum Gasteiger partial charge on any atom is 0.316 e. The zero-order valence-electron chi connectivity index (χ0n) is 15.5. The Hall–Kier alpha value is -2.64. The van der Waals surface area contributed by atoms with Crippen LogP contribution in [0.1, 0.15) is 37.8 Å². The summed E-state index contributed by atoms with van der Waals surface area (Å²) in [4.78, 5) is 24.6.